The van der Waals surface area contributed by atoms with E-state index >= 15 is 0 Å². The third-order valence-electron chi connectivity index (χ3n) is 3.71. The van der Waals surface area contributed by atoms with Crippen LogP contribution in [-0.4, -0.2) is 47.3 Å². The Morgan fingerprint density at radius 2 is 1.65 bits per heavy atom. The summed E-state index contributed by atoms with van der Waals surface area (Å²) in [6, 6.07) is 0.195. The Kier molecular flexibility index (Phi) is 6.50. The van der Waals surface area contributed by atoms with Crippen LogP contribution in [0.1, 0.15) is 53.9 Å². The molecular weight excluding hydrogens is 252 g/mol. The van der Waals surface area contributed by atoms with Crippen LogP contribution in [0.2, 0.25) is 0 Å². The van der Waals surface area contributed by atoms with Crippen LogP contribution in [0.15, 0.2) is 0 Å². The smallest absolute Gasteiger partial charge is 0.312 e. The Balaban J connectivity index is 2.73. The Morgan fingerprint density at radius 3 is 2.10 bits per heavy atom. The van der Waals surface area contributed by atoms with E-state index in [4.69, 9.17) is 0 Å². The molecule has 1 aliphatic rings. The predicted octanol–water partition coefficient (Wildman–Crippen LogP) is 2.53. The molecule has 0 bridgehead atoms. The maximum Gasteiger partial charge on any atom is 0.312 e. The van der Waals surface area contributed by atoms with Crippen molar-refractivity contribution >= 4 is 11.8 Å². The molecule has 1 aliphatic heterocycles. The first-order valence-corrected chi connectivity index (χ1v) is 7.92. The number of hydrogen-bond acceptors (Lipinski definition) is 2. The lowest BCUT2D eigenvalue weighted by Crippen LogP contribution is -2.51. The van der Waals surface area contributed by atoms with E-state index in [-0.39, 0.29) is 17.9 Å². The molecule has 1 fully saturated rings. The van der Waals surface area contributed by atoms with Crippen LogP contribution in [0.3, 0.4) is 0 Å². The molecule has 1 unspecified atom stereocenters. The molecule has 4 nitrogen and oxygen atoms in total. The van der Waals surface area contributed by atoms with Crippen molar-refractivity contribution in [3.8, 4) is 0 Å². The molecule has 0 spiro atoms. The topological polar surface area (TPSA) is 40.6 Å². The summed E-state index contributed by atoms with van der Waals surface area (Å²) in [6.07, 6.45) is 3.17. The maximum absolute atomic E-state index is 12.5. The summed E-state index contributed by atoms with van der Waals surface area (Å²) in [5.74, 6) is 0.133. The minimum Gasteiger partial charge on any atom is -0.334 e. The number of piperidine rings is 1. The van der Waals surface area contributed by atoms with Crippen LogP contribution >= 0.6 is 0 Å². The average Bonchev–Trinajstić information content (AvgIpc) is 2.35. The van der Waals surface area contributed by atoms with Gasteiger partial charge < -0.3 is 9.80 Å². The number of nitrogens with zero attached hydrogens (tertiary/aromatic N) is 2. The van der Waals surface area contributed by atoms with Gasteiger partial charge in [-0.15, -0.1) is 0 Å². The van der Waals surface area contributed by atoms with Crippen LogP contribution in [0, 0.1) is 11.8 Å². The van der Waals surface area contributed by atoms with Crippen molar-refractivity contribution in [2.75, 3.05) is 19.6 Å². The Bertz CT molecular complexity index is 329. The number of hydrogen-bond donors (Lipinski definition) is 0. The van der Waals surface area contributed by atoms with E-state index in [2.05, 4.69) is 27.7 Å². The van der Waals surface area contributed by atoms with E-state index in [1.54, 1.807) is 9.80 Å². The van der Waals surface area contributed by atoms with Gasteiger partial charge in [0, 0.05) is 25.7 Å². The Labute approximate surface area is 123 Å². The van der Waals surface area contributed by atoms with E-state index in [0.29, 0.717) is 24.9 Å². The molecule has 4 heteroatoms. The molecule has 0 aromatic carbocycles. The first-order chi connectivity index (χ1) is 9.32. The van der Waals surface area contributed by atoms with Crippen molar-refractivity contribution in [3.05, 3.63) is 0 Å². The third-order valence-corrected chi connectivity index (χ3v) is 3.71. The number of carbonyl (C=O) groups excluding carboxylic acids is 2. The fourth-order valence-corrected chi connectivity index (χ4v) is 2.78. The highest BCUT2D eigenvalue weighted by Crippen LogP contribution is 2.17. The van der Waals surface area contributed by atoms with Crippen molar-refractivity contribution in [1.82, 2.24) is 9.80 Å². The lowest BCUT2D eigenvalue weighted by atomic mass is 10.0. The molecule has 1 atom stereocenters. The Morgan fingerprint density at radius 1 is 1.10 bits per heavy atom. The number of carbonyl (C=O) groups is 2. The second-order valence-electron chi connectivity index (χ2n) is 6.84. The molecule has 1 saturated heterocycles. The SMILES string of the molecule is CC(C)CN(CC(C)C)C(=O)C(=O)N1CCCCC1C. The summed E-state index contributed by atoms with van der Waals surface area (Å²) < 4.78 is 0. The van der Waals surface area contributed by atoms with Gasteiger partial charge in [0.1, 0.15) is 0 Å². The summed E-state index contributed by atoms with van der Waals surface area (Å²) in [5, 5.41) is 0. The molecule has 0 saturated carbocycles. The second kappa shape index (κ2) is 7.65. The van der Waals surface area contributed by atoms with Gasteiger partial charge in [-0.2, -0.15) is 0 Å². The second-order valence-corrected chi connectivity index (χ2v) is 6.84. The van der Waals surface area contributed by atoms with E-state index < -0.39 is 0 Å². The molecule has 1 rings (SSSR count). The summed E-state index contributed by atoms with van der Waals surface area (Å²) in [6.45, 7) is 12.4. The van der Waals surface area contributed by atoms with Gasteiger partial charge >= 0.3 is 11.8 Å². The highest BCUT2D eigenvalue weighted by molar-refractivity contribution is 6.35. The standard InChI is InChI=1S/C16H30N2O2/c1-12(2)10-17(11-13(3)4)15(19)16(20)18-9-7-6-8-14(18)5/h12-14H,6-11H2,1-5H3. The van der Waals surface area contributed by atoms with Crippen molar-refractivity contribution < 1.29 is 9.59 Å². The van der Waals surface area contributed by atoms with Gasteiger partial charge in [-0.25, -0.2) is 0 Å². The molecular formula is C16H30N2O2. The molecule has 2 amide bonds. The van der Waals surface area contributed by atoms with Crippen molar-refractivity contribution in [2.45, 2.75) is 59.9 Å². The van der Waals surface area contributed by atoms with Crippen LogP contribution < -0.4 is 0 Å². The first kappa shape index (κ1) is 17.0. The molecule has 20 heavy (non-hydrogen) atoms. The monoisotopic (exact) mass is 282 g/mol. The zero-order valence-electron chi connectivity index (χ0n) is 13.7. The van der Waals surface area contributed by atoms with Gasteiger partial charge in [0.15, 0.2) is 0 Å². The van der Waals surface area contributed by atoms with Gasteiger partial charge in [-0.3, -0.25) is 9.59 Å². The number of likely N-dealkylation sites (tertiary alicyclic amines) is 1. The molecule has 1 heterocycles. The normalized spacial score (nSPS) is 19.6. The van der Waals surface area contributed by atoms with Crippen molar-refractivity contribution in [2.24, 2.45) is 11.8 Å². The molecule has 0 N–H and O–H groups in total. The van der Waals surface area contributed by atoms with Gasteiger partial charge in [-0.1, -0.05) is 27.7 Å². The van der Waals surface area contributed by atoms with Gasteiger partial charge in [-0.05, 0) is 38.0 Å². The zero-order valence-corrected chi connectivity index (χ0v) is 13.7. The van der Waals surface area contributed by atoms with E-state index in [1.165, 1.54) is 0 Å². The Hall–Kier alpha value is -1.06. The summed E-state index contributed by atoms with van der Waals surface area (Å²) in [5.41, 5.74) is 0. The quantitative estimate of drug-likeness (QED) is 0.743. The fourth-order valence-electron chi connectivity index (χ4n) is 2.78. The summed E-state index contributed by atoms with van der Waals surface area (Å²) >= 11 is 0. The van der Waals surface area contributed by atoms with Crippen molar-refractivity contribution in [3.63, 3.8) is 0 Å². The fraction of sp³-hybridized carbons (Fsp3) is 0.875. The molecule has 116 valence electrons. The minimum absolute atomic E-state index is 0.195. The highest BCUT2D eigenvalue weighted by Gasteiger charge is 2.31. The molecule has 0 aliphatic carbocycles. The van der Waals surface area contributed by atoms with Crippen molar-refractivity contribution in [1.29, 1.82) is 0 Å². The first-order valence-electron chi connectivity index (χ1n) is 7.92. The van der Waals surface area contributed by atoms with Gasteiger partial charge in [0.2, 0.25) is 0 Å². The molecule has 0 aromatic rings. The summed E-state index contributed by atoms with van der Waals surface area (Å²) in [4.78, 5) is 28.4. The minimum atomic E-state index is -0.318. The van der Waals surface area contributed by atoms with Crippen LogP contribution in [-0.2, 0) is 9.59 Å². The van der Waals surface area contributed by atoms with Gasteiger partial charge in [0.05, 0.1) is 0 Å². The highest BCUT2D eigenvalue weighted by atomic mass is 16.2. The number of amides is 2. The average molecular weight is 282 g/mol. The van der Waals surface area contributed by atoms with Crippen LogP contribution in [0.25, 0.3) is 0 Å². The lowest BCUT2D eigenvalue weighted by molar-refractivity contribution is -0.154. The molecule has 0 aromatic heterocycles. The van der Waals surface area contributed by atoms with Crippen LogP contribution in [0.5, 0.6) is 0 Å². The predicted molar refractivity (Wildman–Crippen MR) is 81.3 cm³/mol. The largest absolute Gasteiger partial charge is 0.334 e. The zero-order chi connectivity index (χ0) is 15.3. The van der Waals surface area contributed by atoms with E-state index in [9.17, 15) is 9.59 Å². The van der Waals surface area contributed by atoms with E-state index in [0.717, 1.165) is 25.8 Å². The third kappa shape index (κ3) is 4.80. The van der Waals surface area contributed by atoms with Crippen LogP contribution in [0.4, 0.5) is 0 Å². The number of rotatable bonds is 4. The molecule has 0 radical (unpaired) electrons. The van der Waals surface area contributed by atoms with Gasteiger partial charge in [0.25, 0.3) is 0 Å². The summed E-state index contributed by atoms with van der Waals surface area (Å²) in [7, 11) is 0. The maximum atomic E-state index is 12.5. The lowest BCUT2D eigenvalue weighted by Gasteiger charge is -2.35. The van der Waals surface area contributed by atoms with E-state index in [1.807, 2.05) is 6.92 Å².